The largest absolute Gasteiger partial charge is 0.385 e. The van der Waals surface area contributed by atoms with Crippen LogP contribution in [0.5, 0.6) is 0 Å². The minimum absolute atomic E-state index is 0.518. The van der Waals surface area contributed by atoms with Crippen LogP contribution in [-0.4, -0.2) is 17.2 Å². The fraction of sp³-hybridized carbons (Fsp3) is 0.625. The van der Waals surface area contributed by atoms with Crippen LogP contribution < -0.4 is 5.32 Å². The van der Waals surface area contributed by atoms with E-state index in [1.54, 1.807) is 0 Å². The van der Waals surface area contributed by atoms with Gasteiger partial charge < -0.3 is 10.4 Å². The third kappa shape index (κ3) is 2.19. The summed E-state index contributed by atoms with van der Waals surface area (Å²) in [6.45, 7) is 2.20. The van der Waals surface area contributed by atoms with Crippen LogP contribution >= 0.6 is 0 Å². The van der Waals surface area contributed by atoms with Crippen LogP contribution in [0.3, 0.4) is 0 Å². The van der Waals surface area contributed by atoms with E-state index in [1.807, 2.05) is 0 Å². The van der Waals surface area contributed by atoms with Gasteiger partial charge in [0.25, 0.3) is 0 Å². The molecule has 2 aliphatic heterocycles. The van der Waals surface area contributed by atoms with Crippen molar-refractivity contribution >= 4 is 0 Å². The zero-order chi connectivity index (χ0) is 12.6. The smallest absolute Gasteiger partial charge is 0.0926 e. The maximum atomic E-state index is 10.9. The lowest BCUT2D eigenvalue weighted by atomic mass is 9.81. The molecule has 1 aromatic rings. The van der Waals surface area contributed by atoms with Crippen molar-refractivity contribution in [2.24, 2.45) is 0 Å². The molecule has 0 aromatic heterocycles. The molecule has 2 saturated heterocycles. The number of hydrogen-bond donors (Lipinski definition) is 2. The van der Waals surface area contributed by atoms with E-state index < -0.39 is 5.60 Å². The number of fused-ring (bicyclic) bond motifs is 2. The topological polar surface area (TPSA) is 32.3 Å². The molecular weight excluding hydrogens is 222 g/mol. The summed E-state index contributed by atoms with van der Waals surface area (Å²) in [5.74, 6) is 0. The lowest BCUT2D eigenvalue weighted by Gasteiger charge is -2.37. The maximum Gasteiger partial charge on any atom is 0.0926 e. The van der Waals surface area contributed by atoms with Crippen molar-refractivity contribution in [1.29, 1.82) is 0 Å². The van der Waals surface area contributed by atoms with E-state index in [2.05, 4.69) is 36.5 Å². The quantitative estimate of drug-likeness (QED) is 0.858. The second-order valence-electron chi connectivity index (χ2n) is 6.02. The van der Waals surface area contributed by atoms with E-state index in [1.165, 1.54) is 24.8 Å². The number of rotatable bonds is 3. The van der Waals surface area contributed by atoms with Crippen LogP contribution in [0, 0.1) is 0 Å². The minimum atomic E-state index is -0.595. The van der Waals surface area contributed by atoms with Crippen molar-refractivity contribution in [1.82, 2.24) is 5.32 Å². The lowest BCUT2D eigenvalue weighted by Crippen LogP contribution is -2.46. The van der Waals surface area contributed by atoms with Gasteiger partial charge in [-0.15, -0.1) is 0 Å². The summed E-state index contributed by atoms with van der Waals surface area (Å²) in [7, 11) is 0. The van der Waals surface area contributed by atoms with Gasteiger partial charge in [0.05, 0.1) is 5.60 Å². The van der Waals surface area contributed by atoms with Crippen molar-refractivity contribution < 1.29 is 5.11 Å². The predicted octanol–water partition coefficient (Wildman–Crippen LogP) is 2.74. The normalized spacial score (nSPS) is 34.8. The summed E-state index contributed by atoms with van der Waals surface area (Å²) in [6.07, 6.45) is 6.50. The van der Waals surface area contributed by atoms with Gasteiger partial charge in [0, 0.05) is 12.1 Å². The Hall–Kier alpha value is -0.860. The van der Waals surface area contributed by atoms with Crippen LogP contribution in [0.2, 0.25) is 0 Å². The highest BCUT2D eigenvalue weighted by molar-refractivity contribution is 5.29. The second-order valence-corrected chi connectivity index (χ2v) is 6.02. The lowest BCUT2D eigenvalue weighted by molar-refractivity contribution is -0.0114. The van der Waals surface area contributed by atoms with E-state index >= 15 is 0 Å². The SMILES string of the molecule is CCCc1ccc(C2(O)CC3CCC(C2)N3)cc1. The number of piperidine rings is 1. The van der Waals surface area contributed by atoms with Crippen molar-refractivity contribution in [3.63, 3.8) is 0 Å². The number of aryl methyl sites for hydroxylation is 1. The summed E-state index contributed by atoms with van der Waals surface area (Å²) in [5.41, 5.74) is 1.89. The van der Waals surface area contributed by atoms with E-state index in [4.69, 9.17) is 0 Å². The van der Waals surface area contributed by atoms with Gasteiger partial charge in [-0.1, -0.05) is 37.6 Å². The molecule has 0 radical (unpaired) electrons. The summed E-state index contributed by atoms with van der Waals surface area (Å²) >= 11 is 0. The van der Waals surface area contributed by atoms with E-state index in [0.717, 1.165) is 24.8 Å². The number of nitrogens with one attached hydrogen (secondary N) is 1. The van der Waals surface area contributed by atoms with Gasteiger partial charge in [0.1, 0.15) is 0 Å². The van der Waals surface area contributed by atoms with Crippen molar-refractivity contribution in [3.8, 4) is 0 Å². The molecule has 2 aliphatic rings. The summed E-state index contributed by atoms with van der Waals surface area (Å²) in [6, 6.07) is 9.67. The standard InChI is InChI=1S/C16H23NO/c1-2-3-12-4-6-13(7-5-12)16(18)10-14-8-9-15(11-16)17-14/h4-7,14-15,17-18H,2-3,8-11H2,1H3. The Labute approximate surface area is 109 Å². The molecule has 2 unspecified atom stereocenters. The number of benzene rings is 1. The first-order chi connectivity index (χ1) is 8.69. The highest BCUT2D eigenvalue weighted by atomic mass is 16.3. The molecule has 18 heavy (non-hydrogen) atoms. The molecule has 2 fully saturated rings. The minimum Gasteiger partial charge on any atom is -0.385 e. The predicted molar refractivity (Wildman–Crippen MR) is 73.5 cm³/mol. The Morgan fingerprint density at radius 2 is 1.78 bits per heavy atom. The molecule has 2 atom stereocenters. The van der Waals surface area contributed by atoms with Gasteiger partial charge in [0.15, 0.2) is 0 Å². The molecule has 3 rings (SSSR count). The summed E-state index contributed by atoms with van der Waals surface area (Å²) in [5, 5.41) is 14.5. The van der Waals surface area contributed by atoms with Crippen LogP contribution in [-0.2, 0) is 12.0 Å². The Bertz CT molecular complexity index is 400. The Morgan fingerprint density at radius 3 is 2.33 bits per heavy atom. The zero-order valence-electron chi connectivity index (χ0n) is 11.2. The fourth-order valence-electron chi connectivity index (χ4n) is 3.63. The van der Waals surface area contributed by atoms with Gasteiger partial charge in [-0.25, -0.2) is 0 Å². The molecule has 2 nitrogen and oxygen atoms in total. The summed E-state index contributed by atoms with van der Waals surface area (Å²) in [4.78, 5) is 0. The maximum absolute atomic E-state index is 10.9. The average Bonchev–Trinajstić information content (AvgIpc) is 2.70. The first-order valence-corrected chi connectivity index (χ1v) is 7.27. The monoisotopic (exact) mass is 245 g/mol. The van der Waals surface area contributed by atoms with Crippen molar-refractivity contribution in [2.75, 3.05) is 0 Å². The molecule has 1 aromatic carbocycles. The van der Waals surface area contributed by atoms with Gasteiger partial charge in [0.2, 0.25) is 0 Å². The molecule has 0 aliphatic carbocycles. The van der Waals surface area contributed by atoms with Gasteiger partial charge in [-0.2, -0.15) is 0 Å². The molecule has 2 bridgehead atoms. The van der Waals surface area contributed by atoms with Crippen molar-refractivity contribution in [2.45, 2.75) is 63.1 Å². The highest BCUT2D eigenvalue weighted by Gasteiger charge is 2.43. The number of aliphatic hydroxyl groups is 1. The van der Waals surface area contributed by atoms with E-state index in [9.17, 15) is 5.11 Å². The molecule has 2 heteroatoms. The first kappa shape index (κ1) is 12.2. The average molecular weight is 245 g/mol. The van der Waals surface area contributed by atoms with Gasteiger partial charge >= 0.3 is 0 Å². The second kappa shape index (κ2) is 4.67. The molecule has 0 spiro atoms. The van der Waals surface area contributed by atoms with E-state index in [-0.39, 0.29) is 0 Å². The zero-order valence-corrected chi connectivity index (χ0v) is 11.2. The fourth-order valence-corrected chi connectivity index (χ4v) is 3.63. The third-order valence-electron chi connectivity index (χ3n) is 4.53. The van der Waals surface area contributed by atoms with Crippen molar-refractivity contribution in [3.05, 3.63) is 35.4 Å². The van der Waals surface area contributed by atoms with E-state index in [0.29, 0.717) is 12.1 Å². The Kier molecular flexibility index (Phi) is 3.16. The first-order valence-electron chi connectivity index (χ1n) is 7.27. The van der Waals surface area contributed by atoms with Gasteiger partial charge in [-0.3, -0.25) is 0 Å². The van der Waals surface area contributed by atoms with Gasteiger partial charge in [-0.05, 0) is 43.2 Å². The molecule has 2 N–H and O–H groups in total. The van der Waals surface area contributed by atoms with Crippen LogP contribution in [0.4, 0.5) is 0 Å². The van der Waals surface area contributed by atoms with Crippen LogP contribution in [0.25, 0.3) is 0 Å². The third-order valence-corrected chi connectivity index (χ3v) is 4.53. The summed E-state index contributed by atoms with van der Waals surface area (Å²) < 4.78 is 0. The molecule has 0 saturated carbocycles. The molecular formula is C16H23NO. The Balaban J connectivity index is 1.80. The number of hydrogen-bond acceptors (Lipinski definition) is 2. The van der Waals surface area contributed by atoms with Crippen LogP contribution in [0.15, 0.2) is 24.3 Å². The Morgan fingerprint density at radius 1 is 1.17 bits per heavy atom. The molecule has 98 valence electrons. The molecule has 0 amide bonds. The van der Waals surface area contributed by atoms with Crippen LogP contribution in [0.1, 0.15) is 50.2 Å². The highest BCUT2D eigenvalue weighted by Crippen LogP contribution is 2.40. The molecule has 2 heterocycles.